The van der Waals surface area contributed by atoms with Crippen LogP contribution < -0.4 is 9.47 Å². The van der Waals surface area contributed by atoms with Crippen molar-refractivity contribution in [3.63, 3.8) is 0 Å². The molecule has 0 atom stereocenters. The molecule has 0 radical (unpaired) electrons. The molecule has 0 aliphatic carbocycles. The normalized spacial score (nSPS) is 11.1. The Morgan fingerprint density at radius 3 is 2.67 bits per heavy atom. The largest absolute Gasteiger partial charge is 0.496 e. The van der Waals surface area contributed by atoms with Gasteiger partial charge in [-0.25, -0.2) is 0 Å². The van der Waals surface area contributed by atoms with Crippen molar-refractivity contribution in [3.05, 3.63) is 81.6 Å². The van der Waals surface area contributed by atoms with Crippen LogP contribution in [0.5, 0.6) is 11.5 Å². The number of ether oxygens (including phenoxy) is 2. The molecule has 0 aliphatic rings. The Hall–Kier alpha value is -3.05. The monoisotopic (exact) mass is 424 g/mol. The van der Waals surface area contributed by atoms with Crippen LogP contribution in [0.1, 0.15) is 39.7 Å². The summed E-state index contributed by atoms with van der Waals surface area (Å²) in [6.07, 6.45) is 5.14. The predicted molar refractivity (Wildman–Crippen MR) is 120 cm³/mol. The highest BCUT2D eigenvalue weighted by Crippen LogP contribution is 2.25. The number of hydrogen-bond donors (Lipinski definition) is 0. The summed E-state index contributed by atoms with van der Waals surface area (Å²) in [5.74, 6) is 1.39. The Morgan fingerprint density at radius 1 is 1.20 bits per heavy atom. The highest BCUT2D eigenvalue weighted by atomic mass is 35.5. The highest BCUT2D eigenvalue weighted by molar-refractivity contribution is 6.31. The van der Waals surface area contributed by atoms with Crippen LogP contribution in [0.25, 0.3) is 6.08 Å². The van der Waals surface area contributed by atoms with Crippen LogP contribution in [0, 0.1) is 13.8 Å². The second kappa shape index (κ2) is 9.63. The van der Waals surface area contributed by atoms with E-state index in [1.165, 1.54) is 0 Å². The fraction of sp³-hybridized carbons (Fsp3) is 0.250. The molecule has 30 heavy (non-hydrogen) atoms. The van der Waals surface area contributed by atoms with E-state index in [0.29, 0.717) is 17.2 Å². The van der Waals surface area contributed by atoms with E-state index in [4.69, 9.17) is 21.1 Å². The number of rotatable bonds is 8. The number of carbonyl (C=O) groups excluding carboxylic acids is 1. The zero-order valence-corrected chi connectivity index (χ0v) is 18.4. The minimum absolute atomic E-state index is 0.0718. The first-order valence-electron chi connectivity index (χ1n) is 9.73. The molecule has 6 heteroatoms. The number of allylic oxidation sites excluding steroid dienone is 1. The standard InChI is InChI=1S/C24H25ClN2O3/c1-5-27-14-21(17(3)26-27)23(28)10-6-18-7-11-24(29-4)19(13-18)15-30-20-8-9-22(25)16(2)12-20/h6-14H,5,15H2,1-4H3/b10-6+. The molecule has 2 aromatic carbocycles. The van der Waals surface area contributed by atoms with Gasteiger partial charge in [-0.15, -0.1) is 0 Å². The average Bonchev–Trinajstić information content (AvgIpc) is 3.13. The SMILES string of the molecule is CCn1cc(C(=O)/C=C/c2ccc(OC)c(COc3ccc(Cl)c(C)c3)c2)c(C)n1. The third-order valence-corrected chi connectivity index (χ3v) is 5.22. The Labute approximate surface area is 181 Å². The van der Waals surface area contributed by atoms with E-state index in [2.05, 4.69) is 5.10 Å². The maximum atomic E-state index is 12.5. The van der Waals surface area contributed by atoms with Crippen molar-refractivity contribution in [2.45, 2.75) is 33.9 Å². The van der Waals surface area contributed by atoms with Crippen LogP contribution in [-0.4, -0.2) is 22.7 Å². The number of hydrogen-bond acceptors (Lipinski definition) is 4. The number of aromatic nitrogens is 2. The van der Waals surface area contributed by atoms with Gasteiger partial charge in [0.05, 0.1) is 18.4 Å². The molecule has 0 bridgehead atoms. The summed E-state index contributed by atoms with van der Waals surface area (Å²) in [4.78, 5) is 12.5. The molecule has 0 aliphatic heterocycles. The molecular formula is C24H25ClN2O3. The first-order chi connectivity index (χ1) is 14.4. The van der Waals surface area contributed by atoms with E-state index < -0.39 is 0 Å². The van der Waals surface area contributed by atoms with Gasteiger partial charge in [0, 0.05) is 23.3 Å². The van der Waals surface area contributed by atoms with E-state index in [9.17, 15) is 4.79 Å². The number of halogens is 1. The number of carbonyl (C=O) groups is 1. The van der Waals surface area contributed by atoms with Crippen LogP contribution in [0.3, 0.4) is 0 Å². The third-order valence-electron chi connectivity index (χ3n) is 4.79. The Morgan fingerprint density at radius 2 is 2.00 bits per heavy atom. The van der Waals surface area contributed by atoms with Crippen molar-refractivity contribution in [2.75, 3.05) is 7.11 Å². The number of aryl methyl sites for hydroxylation is 3. The lowest BCUT2D eigenvalue weighted by molar-refractivity contribution is 0.104. The van der Waals surface area contributed by atoms with Gasteiger partial charge in [0.2, 0.25) is 0 Å². The third kappa shape index (κ3) is 5.10. The summed E-state index contributed by atoms with van der Waals surface area (Å²) < 4.78 is 13.1. The zero-order chi connectivity index (χ0) is 21.7. The van der Waals surface area contributed by atoms with Crippen LogP contribution in [0.15, 0.2) is 48.7 Å². The van der Waals surface area contributed by atoms with Crippen molar-refractivity contribution < 1.29 is 14.3 Å². The Balaban J connectivity index is 1.76. The molecular weight excluding hydrogens is 400 g/mol. The molecule has 0 N–H and O–H groups in total. The van der Waals surface area contributed by atoms with Crippen LogP contribution in [-0.2, 0) is 13.2 Å². The highest BCUT2D eigenvalue weighted by Gasteiger charge is 2.11. The maximum Gasteiger partial charge on any atom is 0.189 e. The minimum Gasteiger partial charge on any atom is -0.496 e. The first-order valence-corrected chi connectivity index (χ1v) is 10.1. The van der Waals surface area contributed by atoms with Crippen molar-refractivity contribution in [2.24, 2.45) is 0 Å². The fourth-order valence-electron chi connectivity index (χ4n) is 3.07. The second-order valence-corrected chi connectivity index (χ2v) is 7.36. The van der Waals surface area contributed by atoms with Gasteiger partial charge < -0.3 is 9.47 Å². The molecule has 0 fully saturated rings. The van der Waals surface area contributed by atoms with Gasteiger partial charge in [0.25, 0.3) is 0 Å². The molecule has 0 amide bonds. The number of methoxy groups -OCH3 is 1. The van der Waals surface area contributed by atoms with Crippen molar-refractivity contribution >= 4 is 23.5 Å². The average molecular weight is 425 g/mol. The minimum atomic E-state index is -0.0718. The van der Waals surface area contributed by atoms with E-state index in [0.717, 1.165) is 40.4 Å². The quantitative estimate of drug-likeness (QED) is 0.346. The van der Waals surface area contributed by atoms with E-state index >= 15 is 0 Å². The molecule has 1 aromatic heterocycles. The lowest BCUT2D eigenvalue weighted by Gasteiger charge is -2.12. The van der Waals surface area contributed by atoms with Crippen LogP contribution >= 0.6 is 11.6 Å². The van der Waals surface area contributed by atoms with Gasteiger partial charge in [0.15, 0.2) is 5.78 Å². The zero-order valence-electron chi connectivity index (χ0n) is 17.6. The number of ketones is 1. The molecule has 0 saturated heterocycles. The lowest BCUT2D eigenvalue weighted by Crippen LogP contribution is -2.00. The first kappa shape index (κ1) is 21.7. The fourth-order valence-corrected chi connectivity index (χ4v) is 3.18. The van der Waals surface area contributed by atoms with Gasteiger partial charge in [0.1, 0.15) is 18.1 Å². The summed E-state index contributed by atoms with van der Waals surface area (Å²) >= 11 is 6.07. The summed E-state index contributed by atoms with van der Waals surface area (Å²) in [5, 5.41) is 5.03. The van der Waals surface area contributed by atoms with Crippen molar-refractivity contribution in [1.82, 2.24) is 9.78 Å². The smallest absolute Gasteiger partial charge is 0.189 e. The number of nitrogens with zero attached hydrogens (tertiary/aromatic N) is 2. The van der Waals surface area contributed by atoms with Gasteiger partial charge in [-0.2, -0.15) is 5.10 Å². The van der Waals surface area contributed by atoms with Crippen molar-refractivity contribution in [1.29, 1.82) is 0 Å². The summed E-state index contributed by atoms with van der Waals surface area (Å²) in [6.45, 7) is 6.83. The summed E-state index contributed by atoms with van der Waals surface area (Å²) in [6, 6.07) is 11.3. The van der Waals surface area contributed by atoms with E-state index in [-0.39, 0.29) is 5.78 Å². The van der Waals surface area contributed by atoms with E-state index in [1.807, 2.05) is 57.2 Å². The predicted octanol–water partition coefficient (Wildman–Crippen LogP) is 5.66. The maximum absolute atomic E-state index is 12.5. The Kier molecular flexibility index (Phi) is 6.95. The van der Waals surface area contributed by atoms with E-state index in [1.54, 1.807) is 30.1 Å². The molecule has 0 unspecified atom stereocenters. The molecule has 1 heterocycles. The van der Waals surface area contributed by atoms with Gasteiger partial charge in [-0.3, -0.25) is 9.48 Å². The molecule has 3 aromatic rings. The molecule has 3 rings (SSSR count). The number of benzene rings is 2. The van der Waals surface area contributed by atoms with Gasteiger partial charge in [-0.05, 0) is 68.3 Å². The van der Waals surface area contributed by atoms with Gasteiger partial charge in [-0.1, -0.05) is 23.7 Å². The Bertz CT molecular complexity index is 1090. The molecule has 156 valence electrons. The summed E-state index contributed by atoms with van der Waals surface area (Å²) in [5.41, 5.74) is 4.07. The van der Waals surface area contributed by atoms with Crippen molar-refractivity contribution in [3.8, 4) is 11.5 Å². The molecule has 0 spiro atoms. The summed E-state index contributed by atoms with van der Waals surface area (Å²) in [7, 11) is 1.62. The topological polar surface area (TPSA) is 53.4 Å². The van der Waals surface area contributed by atoms with Gasteiger partial charge >= 0.3 is 0 Å². The lowest BCUT2D eigenvalue weighted by atomic mass is 10.1. The molecule has 5 nitrogen and oxygen atoms in total. The van der Waals surface area contributed by atoms with Crippen LogP contribution in [0.2, 0.25) is 5.02 Å². The second-order valence-electron chi connectivity index (χ2n) is 6.95. The van der Waals surface area contributed by atoms with Crippen LogP contribution in [0.4, 0.5) is 0 Å². The molecule has 0 saturated carbocycles.